The van der Waals surface area contributed by atoms with Gasteiger partial charge in [-0.2, -0.15) is 0 Å². The molecule has 0 spiro atoms. The fraction of sp³-hybridized carbons (Fsp3) is 0.333. The third-order valence-electron chi connectivity index (χ3n) is 6.80. The topological polar surface area (TPSA) is 69.0 Å². The van der Waals surface area contributed by atoms with E-state index in [4.69, 9.17) is 19.7 Å². The number of rotatable bonds is 5. The van der Waals surface area contributed by atoms with Crippen LogP contribution in [0.25, 0.3) is 28.1 Å². The minimum Gasteiger partial charge on any atom is -0.377 e. The number of pyridine rings is 1. The molecule has 8 heteroatoms. The maximum Gasteiger partial charge on any atom is 0.164 e. The quantitative estimate of drug-likeness (QED) is 0.335. The minimum atomic E-state index is 0.362. The minimum absolute atomic E-state index is 0.362. The summed E-state index contributed by atoms with van der Waals surface area (Å²) in [6, 6.07) is 15.5. The van der Waals surface area contributed by atoms with Gasteiger partial charge in [0.15, 0.2) is 11.5 Å². The standard InChI is InChI=1S/C27H26BrN6O/c28-23-7-6-19(16-29-23)17-33-12-8-22(9-13-33)34-18-30-25-24(20-10-14-35-15-11-20)31-26(32-27(25)34)21-4-2-1-3-5-21/h1-2,4-7,10,16,18,22H,8-9,11-15,17H2. The number of piperidine rings is 1. The lowest BCUT2D eigenvalue weighted by Crippen LogP contribution is -2.34. The molecule has 6 rings (SSSR count). The third-order valence-corrected chi connectivity index (χ3v) is 7.27. The number of fused-ring (bicyclic) bond motifs is 1. The zero-order valence-corrected chi connectivity index (χ0v) is 21.0. The molecule has 1 saturated heterocycles. The second kappa shape index (κ2) is 9.97. The first-order valence-corrected chi connectivity index (χ1v) is 12.8. The Morgan fingerprint density at radius 2 is 2.03 bits per heavy atom. The monoisotopic (exact) mass is 529 g/mol. The van der Waals surface area contributed by atoms with E-state index in [2.05, 4.69) is 48.6 Å². The summed E-state index contributed by atoms with van der Waals surface area (Å²) in [6.45, 7) is 4.30. The zero-order valence-electron chi connectivity index (χ0n) is 19.4. The first-order chi connectivity index (χ1) is 17.2. The highest BCUT2D eigenvalue weighted by Gasteiger charge is 2.25. The van der Waals surface area contributed by atoms with Crippen molar-refractivity contribution in [2.24, 2.45) is 0 Å². The number of benzene rings is 1. The van der Waals surface area contributed by atoms with Crippen LogP contribution in [-0.2, 0) is 11.3 Å². The number of hydrogen-bond donors (Lipinski definition) is 0. The van der Waals surface area contributed by atoms with Gasteiger partial charge in [-0.25, -0.2) is 19.9 Å². The fourth-order valence-electron chi connectivity index (χ4n) is 4.93. The smallest absolute Gasteiger partial charge is 0.164 e. The van der Waals surface area contributed by atoms with Crippen LogP contribution in [0, 0.1) is 6.07 Å². The van der Waals surface area contributed by atoms with E-state index in [-0.39, 0.29) is 0 Å². The molecule has 0 unspecified atom stereocenters. The van der Waals surface area contributed by atoms with Crippen molar-refractivity contribution in [3.05, 3.63) is 76.9 Å². The number of likely N-dealkylation sites (tertiary alicyclic amines) is 1. The van der Waals surface area contributed by atoms with Crippen LogP contribution in [-0.4, -0.2) is 55.7 Å². The van der Waals surface area contributed by atoms with Gasteiger partial charge in [0.05, 0.1) is 25.2 Å². The van der Waals surface area contributed by atoms with E-state index in [0.29, 0.717) is 19.3 Å². The molecule has 4 aromatic rings. The zero-order chi connectivity index (χ0) is 23.6. The van der Waals surface area contributed by atoms with Gasteiger partial charge < -0.3 is 9.30 Å². The number of imidazole rings is 1. The summed E-state index contributed by atoms with van der Waals surface area (Å²) in [5.41, 5.74) is 6.12. The summed E-state index contributed by atoms with van der Waals surface area (Å²) < 4.78 is 8.69. The lowest BCUT2D eigenvalue weighted by Gasteiger charge is -2.32. The summed E-state index contributed by atoms with van der Waals surface area (Å²) >= 11 is 3.42. The van der Waals surface area contributed by atoms with Crippen LogP contribution in [0.5, 0.6) is 0 Å². The number of aromatic nitrogens is 5. The third kappa shape index (κ3) is 4.78. The van der Waals surface area contributed by atoms with Crippen LogP contribution < -0.4 is 0 Å². The summed E-state index contributed by atoms with van der Waals surface area (Å²) in [7, 11) is 0. The van der Waals surface area contributed by atoms with E-state index in [1.165, 1.54) is 11.1 Å². The molecule has 177 valence electrons. The molecule has 0 saturated carbocycles. The summed E-state index contributed by atoms with van der Waals surface area (Å²) in [5, 5.41) is 0. The van der Waals surface area contributed by atoms with Crippen LogP contribution >= 0.6 is 15.9 Å². The van der Waals surface area contributed by atoms with Crippen molar-refractivity contribution >= 4 is 32.7 Å². The van der Waals surface area contributed by atoms with E-state index in [1.54, 1.807) is 0 Å². The first-order valence-electron chi connectivity index (χ1n) is 12.1. The molecular weight excluding hydrogens is 504 g/mol. The molecule has 1 aromatic carbocycles. The Morgan fingerprint density at radius 3 is 2.77 bits per heavy atom. The Hall–Kier alpha value is -2.94. The second-order valence-electron chi connectivity index (χ2n) is 9.06. The van der Waals surface area contributed by atoms with Crippen molar-refractivity contribution < 1.29 is 4.74 Å². The highest BCUT2D eigenvalue weighted by atomic mass is 79.9. The lowest BCUT2D eigenvalue weighted by molar-refractivity contribution is 0.161. The maximum absolute atomic E-state index is 5.55. The lowest BCUT2D eigenvalue weighted by atomic mass is 10.0. The Kier molecular flexibility index (Phi) is 6.41. The molecule has 0 aliphatic carbocycles. The van der Waals surface area contributed by atoms with Crippen molar-refractivity contribution in [3.63, 3.8) is 0 Å². The van der Waals surface area contributed by atoms with Gasteiger partial charge in [-0.3, -0.25) is 4.90 Å². The molecule has 0 atom stereocenters. The second-order valence-corrected chi connectivity index (χ2v) is 9.88. The molecule has 0 amide bonds. The van der Waals surface area contributed by atoms with Crippen LogP contribution in [0.1, 0.15) is 36.6 Å². The SMILES string of the molecule is Brc1ccc(CN2CCC(n3cnc4c(C5=CCOCC5)nc(-c5c[c]ccc5)nc43)CC2)cn1. The van der Waals surface area contributed by atoms with Gasteiger partial charge in [-0.05, 0) is 64.5 Å². The Labute approximate surface area is 213 Å². The van der Waals surface area contributed by atoms with Gasteiger partial charge in [0, 0.05) is 37.4 Å². The van der Waals surface area contributed by atoms with Gasteiger partial charge >= 0.3 is 0 Å². The number of hydrogen-bond acceptors (Lipinski definition) is 6. The van der Waals surface area contributed by atoms with Gasteiger partial charge in [0.1, 0.15) is 10.1 Å². The van der Waals surface area contributed by atoms with Crippen LogP contribution in [0.2, 0.25) is 0 Å². The van der Waals surface area contributed by atoms with Crippen LogP contribution in [0.15, 0.2) is 59.6 Å². The van der Waals surface area contributed by atoms with Crippen LogP contribution in [0.4, 0.5) is 0 Å². The van der Waals surface area contributed by atoms with Gasteiger partial charge in [-0.15, -0.1) is 0 Å². The molecule has 2 aliphatic heterocycles. The first kappa shape index (κ1) is 22.5. The summed E-state index contributed by atoms with van der Waals surface area (Å²) in [4.78, 5) is 21.7. The Bertz CT molecular complexity index is 1340. The number of ether oxygens (including phenoxy) is 1. The summed E-state index contributed by atoms with van der Waals surface area (Å²) in [6.07, 6.45) is 8.98. The Morgan fingerprint density at radius 1 is 1.11 bits per heavy atom. The van der Waals surface area contributed by atoms with E-state index < -0.39 is 0 Å². The normalized spacial score (nSPS) is 17.6. The van der Waals surface area contributed by atoms with Crippen LogP contribution in [0.3, 0.4) is 0 Å². The molecular formula is C27H26BrN6O. The van der Waals surface area contributed by atoms with E-state index in [9.17, 15) is 0 Å². The van der Waals surface area contributed by atoms with Gasteiger partial charge in [0.2, 0.25) is 0 Å². The van der Waals surface area contributed by atoms with Gasteiger partial charge in [0.25, 0.3) is 0 Å². The Balaban J connectivity index is 1.30. The van der Waals surface area contributed by atoms with Crippen molar-refractivity contribution in [1.82, 2.24) is 29.4 Å². The fourth-order valence-corrected chi connectivity index (χ4v) is 5.16. The largest absolute Gasteiger partial charge is 0.377 e. The molecule has 0 N–H and O–H groups in total. The molecule has 7 nitrogen and oxygen atoms in total. The molecule has 0 bridgehead atoms. The average molecular weight is 530 g/mol. The van der Waals surface area contributed by atoms with Crippen molar-refractivity contribution in [2.45, 2.75) is 31.8 Å². The molecule has 1 fully saturated rings. The van der Waals surface area contributed by atoms with Crippen molar-refractivity contribution in [1.29, 1.82) is 0 Å². The molecule has 1 radical (unpaired) electrons. The molecule has 3 aromatic heterocycles. The molecule has 2 aliphatic rings. The van der Waals surface area contributed by atoms with E-state index in [0.717, 1.165) is 71.7 Å². The van der Waals surface area contributed by atoms with E-state index in [1.807, 2.05) is 42.9 Å². The van der Waals surface area contributed by atoms with Crippen molar-refractivity contribution in [2.75, 3.05) is 26.3 Å². The highest BCUT2D eigenvalue weighted by molar-refractivity contribution is 9.10. The van der Waals surface area contributed by atoms with E-state index >= 15 is 0 Å². The number of nitrogens with zero attached hydrogens (tertiary/aromatic N) is 6. The maximum atomic E-state index is 5.55. The predicted octanol–water partition coefficient (Wildman–Crippen LogP) is 5.09. The molecule has 35 heavy (non-hydrogen) atoms. The predicted molar refractivity (Wildman–Crippen MR) is 138 cm³/mol. The summed E-state index contributed by atoms with van der Waals surface area (Å²) in [5.74, 6) is 0.721. The van der Waals surface area contributed by atoms with Gasteiger partial charge in [-0.1, -0.05) is 30.3 Å². The molecule has 5 heterocycles. The van der Waals surface area contributed by atoms with Crippen molar-refractivity contribution in [3.8, 4) is 11.4 Å². The number of halogens is 1. The highest BCUT2D eigenvalue weighted by Crippen LogP contribution is 2.32. The average Bonchev–Trinajstić information content (AvgIpc) is 3.35.